The summed E-state index contributed by atoms with van der Waals surface area (Å²) in [5, 5.41) is 12.0. The van der Waals surface area contributed by atoms with E-state index in [0.717, 1.165) is 39.1 Å². The summed E-state index contributed by atoms with van der Waals surface area (Å²) >= 11 is 1.18. The first-order valence-electron chi connectivity index (χ1n) is 10.7. The molecule has 0 bridgehead atoms. The number of rotatable bonds is 7. The smallest absolute Gasteiger partial charge is 0.217 e. The Kier molecular flexibility index (Phi) is 5.95. The number of fused-ring (bicyclic) bond motifs is 1. The van der Waals surface area contributed by atoms with E-state index in [9.17, 15) is 5.11 Å². The molecular weight excluding hydrogens is 452 g/mol. The van der Waals surface area contributed by atoms with Crippen LogP contribution in [0.5, 0.6) is 17.2 Å². The summed E-state index contributed by atoms with van der Waals surface area (Å²) in [6, 6.07) is 19.0. The quantitative estimate of drug-likeness (QED) is 0.418. The van der Waals surface area contributed by atoms with Crippen molar-refractivity contribution in [1.82, 2.24) is 8.75 Å². The van der Waals surface area contributed by atoms with Crippen LogP contribution in [0.15, 0.2) is 66.2 Å². The van der Waals surface area contributed by atoms with Crippen molar-refractivity contribution in [2.75, 3.05) is 27.9 Å². The van der Waals surface area contributed by atoms with Crippen molar-refractivity contribution in [3.05, 3.63) is 82.9 Å². The van der Waals surface area contributed by atoms with Crippen LogP contribution >= 0.6 is 11.7 Å². The van der Waals surface area contributed by atoms with Gasteiger partial charge in [-0.25, -0.2) is 0 Å². The Bertz CT molecular complexity index is 1380. The number of ether oxygens (including phenoxy) is 4. The van der Waals surface area contributed by atoms with Gasteiger partial charge < -0.3 is 24.1 Å². The van der Waals surface area contributed by atoms with E-state index in [-0.39, 0.29) is 6.61 Å². The molecule has 0 fully saturated rings. The van der Waals surface area contributed by atoms with E-state index in [1.54, 1.807) is 39.5 Å². The molecule has 5 rings (SSSR count). The Morgan fingerprint density at radius 3 is 2.53 bits per heavy atom. The van der Waals surface area contributed by atoms with Crippen molar-refractivity contribution in [1.29, 1.82) is 0 Å². The molecule has 0 saturated heterocycles. The minimum atomic E-state index is -1.65. The van der Waals surface area contributed by atoms with Gasteiger partial charge >= 0.3 is 0 Å². The third-order valence-corrected chi connectivity index (χ3v) is 6.65. The van der Waals surface area contributed by atoms with Gasteiger partial charge in [0.2, 0.25) is 5.79 Å². The van der Waals surface area contributed by atoms with Crippen LogP contribution in [0.1, 0.15) is 16.7 Å². The Morgan fingerprint density at radius 2 is 1.74 bits per heavy atom. The van der Waals surface area contributed by atoms with E-state index < -0.39 is 5.79 Å². The number of nitrogens with zero attached hydrogens (tertiary/aromatic N) is 2. The highest BCUT2D eigenvalue weighted by molar-refractivity contribution is 7.00. The summed E-state index contributed by atoms with van der Waals surface area (Å²) in [6.45, 7) is 0.243. The van der Waals surface area contributed by atoms with Crippen molar-refractivity contribution < 1.29 is 24.1 Å². The van der Waals surface area contributed by atoms with E-state index in [0.29, 0.717) is 23.5 Å². The first-order chi connectivity index (χ1) is 16.6. The van der Waals surface area contributed by atoms with Crippen molar-refractivity contribution in [3.63, 3.8) is 0 Å². The van der Waals surface area contributed by atoms with Gasteiger partial charge in [0.15, 0.2) is 11.5 Å². The second-order valence-electron chi connectivity index (χ2n) is 7.96. The fourth-order valence-corrected chi connectivity index (χ4v) is 4.82. The highest BCUT2D eigenvalue weighted by Gasteiger charge is 2.43. The van der Waals surface area contributed by atoms with Gasteiger partial charge in [0.05, 0.1) is 39.7 Å². The minimum Gasteiger partial charge on any atom is -0.497 e. The van der Waals surface area contributed by atoms with Crippen LogP contribution < -0.4 is 14.2 Å². The summed E-state index contributed by atoms with van der Waals surface area (Å²) in [5.41, 5.74) is 5.82. The lowest BCUT2D eigenvalue weighted by atomic mass is 9.88. The lowest BCUT2D eigenvalue weighted by Gasteiger charge is -2.27. The largest absolute Gasteiger partial charge is 0.497 e. The second kappa shape index (κ2) is 9.06. The zero-order valence-corrected chi connectivity index (χ0v) is 19.9. The average molecular weight is 477 g/mol. The topological polar surface area (TPSA) is 82.9 Å². The average Bonchev–Trinajstić information content (AvgIpc) is 3.48. The fraction of sp³-hybridized carbons (Fsp3) is 0.231. The zero-order valence-electron chi connectivity index (χ0n) is 19.1. The Labute approximate surface area is 201 Å². The van der Waals surface area contributed by atoms with Gasteiger partial charge in [0.1, 0.15) is 16.8 Å². The summed E-state index contributed by atoms with van der Waals surface area (Å²) in [4.78, 5) is 0. The number of hydrogen-bond acceptors (Lipinski definition) is 8. The molecule has 1 aliphatic heterocycles. The molecule has 3 aromatic carbocycles. The van der Waals surface area contributed by atoms with Gasteiger partial charge in [0.25, 0.3) is 0 Å². The second-order valence-corrected chi connectivity index (χ2v) is 8.48. The number of hydrogen-bond donors (Lipinski definition) is 1. The predicted octanol–water partition coefficient (Wildman–Crippen LogP) is 4.59. The van der Waals surface area contributed by atoms with E-state index in [1.165, 1.54) is 11.7 Å². The molecule has 0 saturated carbocycles. The Balaban J connectivity index is 1.66. The van der Waals surface area contributed by atoms with Gasteiger partial charge in [-0.05, 0) is 65.6 Å². The van der Waals surface area contributed by atoms with Gasteiger partial charge in [-0.2, -0.15) is 8.75 Å². The molecule has 34 heavy (non-hydrogen) atoms. The van der Waals surface area contributed by atoms with Gasteiger partial charge in [-0.15, -0.1) is 0 Å². The molecule has 0 radical (unpaired) electrons. The molecule has 0 spiro atoms. The first-order valence-corrected chi connectivity index (χ1v) is 11.5. The van der Waals surface area contributed by atoms with E-state index >= 15 is 0 Å². The van der Waals surface area contributed by atoms with Gasteiger partial charge in [-0.1, -0.05) is 18.2 Å². The van der Waals surface area contributed by atoms with Gasteiger partial charge in [0, 0.05) is 11.1 Å². The highest BCUT2D eigenvalue weighted by atomic mass is 32.1. The molecule has 2 heterocycles. The number of aromatic nitrogens is 2. The summed E-state index contributed by atoms with van der Waals surface area (Å²) in [7, 11) is 4.78. The molecule has 4 aromatic rings. The predicted molar refractivity (Wildman–Crippen MR) is 130 cm³/mol. The molecule has 1 aliphatic rings. The SMILES string of the molecule is COc1cccc(CC2=C(c3ccc4nsnc4c3)COC2(O)c2ccc(OC)c(OC)c2)c1. The first kappa shape index (κ1) is 22.3. The maximum atomic E-state index is 12.0. The molecule has 7 nitrogen and oxygen atoms in total. The summed E-state index contributed by atoms with van der Waals surface area (Å²) < 4.78 is 31.1. The summed E-state index contributed by atoms with van der Waals surface area (Å²) in [5.74, 6) is 0.199. The van der Waals surface area contributed by atoms with Crippen LogP contribution in [0.25, 0.3) is 16.6 Å². The van der Waals surface area contributed by atoms with Crippen molar-refractivity contribution >= 4 is 28.3 Å². The Morgan fingerprint density at radius 1 is 0.912 bits per heavy atom. The monoisotopic (exact) mass is 476 g/mol. The molecule has 1 unspecified atom stereocenters. The number of aliphatic hydroxyl groups is 1. The molecule has 1 atom stereocenters. The van der Waals surface area contributed by atoms with Crippen LogP contribution in [0.2, 0.25) is 0 Å². The molecular formula is C26H24N2O5S. The molecule has 174 valence electrons. The zero-order chi connectivity index (χ0) is 23.7. The molecule has 0 aliphatic carbocycles. The molecule has 0 amide bonds. The van der Waals surface area contributed by atoms with Crippen molar-refractivity contribution in [3.8, 4) is 17.2 Å². The van der Waals surface area contributed by atoms with Crippen LogP contribution in [0.4, 0.5) is 0 Å². The van der Waals surface area contributed by atoms with E-state index in [2.05, 4.69) is 8.75 Å². The minimum absolute atomic E-state index is 0.243. The van der Waals surface area contributed by atoms with Crippen molar-refractivity contribution in [2.45, 2.75) is 12.2 Å². The third-order valence-electron chi connectivity index (χ3n) is 6.09. The van der Waals surface area contributed by atoms with Crippen LogP contribution in [0.3, 0.4) is 0 Å². The van der Waals surface area contributed by atoms with Gasteiger partial charge in [-0.3, -0.25) is 0 Å². The molecule has 1 aromatic heterocycles. The maximum absolute atomic E-state index is 12.0. The lowest BCUT2D eigenvalue weighted by molar-refractivity contribution is -0.162. The number of benzene rings is 3. The third kappa shape index (κ3) is 3.90. The van der Waals surface area contributed by atoms with Crippen LogP contribution in [0, 0.1) is 0 Å². The lowest BCUT2D eigenvalue weighted by Crippen LogP contribution is -2.29. The normalized spacial score (nSPS) is 17.9. The molecule has 8 heteroatoms. The van der Waals surface area contributed by atoms with Crippen LogP contribution in [-0.4, -0.2) is 41.8 Å². The van der Waals surface area contributed by atoms with Crippen molar-refractivity contribution in [2.24, 2.45) is 0 Å². The summed E-state index contributed by atoms with van der Waals surface area (Å²) in [6.07, 6.45) is 0.463. The standard InChI is InChI=1S/C26H24N2O5S/c1-30-19-6-4-5-16(11-19)12-21-20(17-7-9-22-23(13-17)28-34-27-22)15-33-26(21,29)18-8-10-24(31-2)25(14-18)32-3/h4-11,13-14,29H,12,15H2,1-3H3. The van der Waals surface area contributed by atoms with E-state index in [4.69, 9.17) is 18.9 Å². The van der Waals surface area contributed by atoms with E-state index in [1.807, 2.05) is 42.5 Å². The van der Waals surface area contributed by atoms with Crippen LogP contribution in [-0.2, 0) is 16.9 Å². The Hall–Kier alpha value is -3.46. The maximum Gasteiger partial charge on any atom is 0.217 e. The molecule has 1 N–H and O–H groups in total. The highest BCUT2D eigenvalue weighted by Crippen LogP contribution is 2.46. The number of methoxy groups -OCH3 is 3. The fourth-order valence-electron chi connectivity index (χ4n) is 4.30.